The van der Waals surface area contributed by atoms with E-state index in [1.165, 1.54) is 12.1 Å². The van der Waals surface area contributed by atoms with Gasteiger partial charge in [-0.2, -0.15) is 0 Å². The number of hydrogen-bond acceptors (Lipinski definition) is 5. The van der Waals surface area contributed by atoms with Crippen LogP contribution in [0.15, 0.2) is 41.3 Å². The van der Waals surface area contributed by atoms with Crippen LogP contribution in [-0.2, 0) is 9.05 Å². The molecular formula is C14H6ClO5S-. The molecule has 3 rings (SSSR count). The highest BCUT2D eigenvalue weighted by atomic mass is 35.7. The number of fused-ring (bicyclic) bond motifs is 2. The Morgan fingerprint density at radius 2 is 1.38 bits per heavy atom. The van der Waals surface area contributed by atoms with Crippen molar-refractivity contribution in [2.24, 2.45) is 0 Å². The largest absolute Gasteiger partial charge is 0.872 e. The molecule has 0 aliphatic heterocycles. The van der Waals surface area contributed by atoms with Crippen molar-refractivity contribution < 1.29 is 23.1 Å². The standard InChI is InChI=1S/C14H7ClO5S/c15-21(19,20)10-6-5-9(16)11-12(10)14(18)8-4-2-1-3-7(8)13(11)17/h1-6,16H/p-1. The zero-order chi connectivity index (χ0) is 15.4. The molecule has 5 nitrogen and oxygen atoms in total. The predicted octanol–water partition coefficient (Wildman–Crippen LogP) is 1.46. The summed E-state index contributed by atoms with van der Waals surface area (Å²) in [5.41, 5.74) is -0.750. The summed E-state index contributed by atoms with van der Waals surface area (Å²) in [5.74, 6) is -2.08. The van der Waals surface area contributed by atoms with Crippen LogP contribution in [0.1, 0.15) is 31.8 Å². The van der Waals surface area contributed by atoms with E-state index >= 15 is 0 Å². The quantitative estimate of drug-likeness (QED) is 0.633. The van der Waals surface area contributed by atoms with Crippen LogP contribution in [0.2, 0.25) is 0 Å². The minimum Gasteiger partial charge on any atom is -0.872 e. The van der Waals surface area contributed by atoms with Gasteiger partial charge in [-0.3, -0.25) is 9.59 Å². The fourth-order valence-electron chi connectivity index (χ4n) is 2.37. The Kier molecular flexibility index (Phi) is 2.89. The van der Waals surface area contributed by atoms with Gasteiger partial charge in [-0.15, -0.1) is 0 Å². The maximum absolute atomic E-state index is 12.5. The smallest absolute Gasteiger partial charge is 0.262 e. The molecule has 2 aromatic rings. The first kappa shape index (κ1) is 13.8. The summed E-state index contributed by atoms with van der Waals surface area (Å²) < 4.78 is 23.2. The van der Waals surface area contributed by atoms with Crippen LogP contribution in [-0.4, -0.2) is 20.0 Å². The van der Waals surface area contributed by atoms with E-state index in [2.05, 4.69) is 0 Å². The van der Waals surface area contributed by atoms with Gasteiger partial charge in [-0.05, 0) is 6.07 Å². The van der Waals surface area contributed by atoms with Crippen LogP contribution < -0.4 is 5.11 Å². The summed E-state index contributed by atoms with van der Waals surface area (Å²) >= 11 is 0. The van der Waals surface area contributed by atoms with Crippen LogP contribution in [0.3, 0.4) is 0 Å². The Labute approximate surface area is 124 Å². The lowest BCUT2D eigenvalue weighted by atomic mass is 9.83. The summed E-state index contributed by atoms with van der Waals surface area (Å²) in [7, 11) is 1.03. The Bertz CT molecular complexity index is 915. The molecule has 0 saturated heterocycles. The summed E-state index contributed by atoms with van der Waals surface area (Å²) in [6, 6.07) is 7.79. The fourth-order valence-corrected chi connectivity index (χ4v) is 3.42. The highest BCUT2D eigenvalue weighted by Gasteiger charge is 2.34. The van der Waals surface area contributed by atoms with E-state index in [1.54, 1.807) is 12.1 Å². The third-order valence-electron chi connectivity index (χ3n) is 3.26. The molecule has 0 bridgehead atoms. The van der Waals surface area contributed by atoms with Gasteiger partial charge in [-0.25, -0.2) is 8.42 Å². The minimum atomic E-state index is -4.26. The molecule has 0 unspecified atom stereocenters. The van der Waals surface area contributed by atoms with Gasteiger partial charge < -0.3 is 5.11 Å². The van der Waals surface area contributed by atoms with Gasteiger partial charge in [0.25, 0.3) is 9.05 Å². The van der Waals surface area contributed by atoms with Crippen LogP contribution in [0.5, 0.6) is 5.75 Å². The lowest BCUT2D eigenvalue weighted by Crippen LogP contribution is -2.24. The van der Waals surface area contributed by atoms with Gasteiger partial charge in [0.15, 0.2) is 11.6 Å². The van der Waals surface area contributed by atoms with Crippen molar-refractivity contribution in [3.05, 3.63) is 58.7 Å². The summed E-state index contributed by atoms with van der Waals surface area (Å²) in [4.78, 5) is 24.3. The molecule has 21 heavy (non-hydrogen) atoms. The van der Waals surface area contributed by atoms with Gasteiger partial charge in [-0.1, -0.05) is 36.1 Å². The van der Waals surface area contributed by atoms with E-state index in [4.69, 9.17) is 10.7 Å². The number of carbonyl (C=O) groups excluding carboxylic acids is 2. The van der Waals surface area contributed by atoms with Crippen molar-refractivity contribution in [2.45, 2.75) is 4.90 Å². The monoisotopic (exact) mass is 321 g/mol. The van der Waals surface area contributed by atoms with Crippen LogP contribution >= 0.6 is 10.7 Å². The Hall–Kier alpha value is -2.18. The molecule has 0 radical (unpaired) electrons. The number of hydrogen-bond donors (Lipinski definition) is 0. The number of ketones is 2. The molecule has 0 atom stereocenters. The molecule has 1 aliphatic carbocycles. The first-order chi connectivity index (χ1) is 9.82. The van der Waals surface area contributed by atoms with E-state index in [0.717, 1.165) is 12.1 Å². The summed E-state index contributed by atoms with van der Waals surface area (Å²) in [6.45, 7) is 0. The second-order valence-electron chi connectivity index (χ2n) is 4.45. The molecule has 1 aliphatic rings. The molecule has 0 fully saturated rings. The molecule has 0 saturated carbocycles. The average Bonchev–Trinajstić information content (AvgIpc) is 2.43. The van der Waals surface area contributed by atoms with Crippen molar-refractivity contribution in [1.82, 2.24) is 0 Å². The van der Waals surface area contributed by atoms with E-state index in [-0.39, 0.29) is 11.1 Å². The first-order valence-electron chi connectivity index (χ1n) is 5.79. The molecule has 0 heterocycles. The SMILES string of the molecule is O=C1c2ccccc2C(=O)c2c(S(=O)(=O)Cl)ccc([O-])c21. The second-order valence-corrected chi connectivity index (χ2v) is 6.99. The third kappa shape index (κ3) is 1.95. The second kappa shape index (κ2) is 4.41. The van der Waals surface area contributed by atoms with Gasteiger partial charge in [0.2, 0.25) is 0 Å². The van der Waals surface area contributed by atoms with Crippen molar-refractivity contribution in [2.75, 3.05) is 0 Å². The number of halogens is 1. The van der Waals surface area contributed by atoms with Crippen molar-refractivity contribution in [3.8, 4) is 5.75 Å². The molecule has 0 N–H and O–H groups in total. The highest BCUT2D eigenvalue weighted by Crippen LogP contribution is 2.36. The van der Waals surface area contributed by atoms with E-state index in [9.17, 15) is 23.1 Å². The van der Waals surface area contributed by atoms with E-state index in [1.807, 2.05) is 0 Å². The number of carbonyl (C=O) groups is 2. The first-order valence-corrected chi connectivity index (χ1v) is 8.10. The van der Waals surface area contributed by atoms with Crippen LogP contribution in [0.25, 0.3) is 0 Å². The maximum atomic E-state index is 12.5. The van der Waals surface area contributed by atoms with Crippen molar-refractivity contribution in [1.29, 1.82) is 0 Å². The molecule has 106 valence electrons. The van der Waals surface area contributed by atoms with Gasteiger partial charge in [0.1, 0.15) is 0 Å². The minimum absolute atomic E-state index is 0.0576. The van der Waals surface area contributed by atoms with Gasteiger partial charge in [0, 0.05) is 27.4 Å². The average molecular weight is 322 g/mol. The molecule has 2 aromatic carbocycles. The van der Waals surface area contributed by atoms with Gasteiger partial charge in [0.05, 0.1) is 10.5 Å². The van der Waals surface area contributed by atoms with Crippen LogP contribution in [0.4, 0.5) is 0 Å². The zero-order valence-corrected chi connectivity index (χ0v) is 11.9. The Morgan fingerprint density at radius 1 is 0.857 bits per heavy atom. The number of benzene rings is 2. The topological polar surface area (TPSA) is 91.3 Å². The molecular weight excluding hydrogens is 316 g/mol. The van der Waals surface area contributed by atoms with Crippen LogP contribution in [0, 0.1) is 0 Å². The third-order valence-corrected chi connectivity index (χ3v) is 4.63. The summed E-state index contributed by atoms with van der Waals surface area (Å²) in [6.07, 6.45) is 0. The van der Waals surface area contributed by atoms with E-state index in [0.29, 0.717) is 0 Å². The Balaban J connectivity index is 2.46. The lowest BCUT2D eigenvalue weighted by Gasteiger charge is -2.23. The number of rotatable bonds is 1. The van der Waals surface area contributed by atoms with E-state index < -0.39 is 42.4 Å². The highest BCUT2D eigenvalue weighted by molar-refractivity contribution is 8.13. The fraction of sp³-hybridized carbons (Fsp3) is 0. The van der Waals surface area contributed by atoms with Crippen molar-refractivity contribution >= 4 is 31.3 Å². The molecule has 0 aromatic heterocycles. The summed E-state index contributed by atoms with van der Waals surface area (Å²) in [5, 5.41) is 11.9. The van der Waals surface area contributed by atoms with Gasteiger partial charge >= 0.3 is 0 Å². The normalized spacial score (nSPS) is 13.8. The molecule has 0 amide bonds. The molecule has 0 spiro atoms. The molecule has 7 heteroatoms. The van der Waals surface area contributed by atoms with Crippen molar-refractivity contribution in [3.63, 3.8) is 0 Å². The lowest BCUT2D eigenvalue weighted by molar-refractivity contribution is -0.268. The maximum Gasteiger partial charge on any atom is 0.262 e. The predicted molar refractivity (Wildman–Crippen MR) is 72.2 cm³/mol. The Morgan fingerprint density at radius 3 is 1.90 bits per heavy atom. The zero-order valence-electron chi connectivity index (χ0n) is 10.3.